The van der Waals surface area contributed by atoms with Crippen LogP contribution in [0.1, 0.15) is 0 Å². The summed E-state index contributed by atoms with van der Waals surface area (Å²) in [7, 11) is 0. The summed E-state index contributed by atoms with van der Waals surface area (Å²) in [6.07, 6.45) is 1.43. The maximum Gasteiger partial charge on any atom is 0.353 e. The first-order valence-corrected chi connectivity index (χ1v) is 12.3. The van der Waals surface area contributed by atoms with Gasteiger partial charge in [0.25, 0.3) is 0 Å². The maximum absolute atomic E-state index is 12.2. The van der Waals surface area contributed by atoms with Crippen LogP contribution in [0.3, 0.4) is 0 Å². The molecule has 5 rings (SSSR count). The SMILES string of the molecule is O=[N+]([O-])c1c(N2CCN(c3cccc(Cl)c3)CC2)ncnc1N1CCN(c2cccc(Cl)c2)CC1. The smallest absolute Gasteiger partial charge is 0.353 e. The lowest BCUT2D eigenvalue weighted by molar-refractivity contribution is -0.383. The molecule has 35 heavy (non-hydrogen) atoms. The highest BCUT2D eigenvalue weighted by Crippen LogP contribution is 2.36. The molecule has 0 unspecified atom stereocenters. The molecule has 2 fully saturated rings. The van der Waals surface area contributed by atoms with Crippen molar-refractivity contribution in [2.75, 3.05) is 72.0 Å². The lowest BCUT2D eigenvalue weighted by atomic mass is 10.2. The zero-order chi connectivity index (χ0) is 24.4. The molecule has 1 aromatic heterocycles. The number of hydrogen-bond acceptors (Lipinski definition) is 8. The second kappa shape index (κ2) is 10.1. The van der Waals surface area contributed by atoms with Crippen molar-refractivity contribution in [1.82, 2.24) is 9.97 Å². The van der Waals surface area contributed by atoms with Crippen LogP contribution in [0.15, 0.2) is 54.9 Å². The van der Waals surface area contributed by atoms with E-state index in [-0.39, 0.29) is 10.6 Å². The summed E-state index contributed by atoms with van der Waals surface area (Å²) in [6, 6.07) is 15.5. The van der Waals surface area contributed by atoms with Gasteiger partial charge in [-0.1, -0.05) is 35.3 Å². The van der Waals surface area contributed by atoms with Crippen molar-refractivity contribution in [3.05, 3.63) is 75.0 Å². The van der Waals surface area contributed by atoms with Crippen LogP contribution in [0.25, 0.3) is 0 Å². The van der Waals surface area contributed by atoms with Crippen LogP contribution < -0.4 is 19.6 Å². The minimum Gasteiger partial charge on any atom is -0.368 e. The number of aromatic nitrogens is 2. The number of hydrogen-bond donors (Lipinski definition) is 0. The Balaban J connectivity index is 1.31. The van der Waals surface area contributed by atoms with Crippen LogP contribution in [0.4, 0.5) is 28.7 Å². The van der Waals surface area contributed by atoms with E-state index in [2.05, 4.69) is 19.8 Å². The molecular formula is C24H25Cl2N7O2. The van der Waals surface area contributed by atoms with Gasteiger partial charge in [0.05, 0.1) is 4.92 Å². The van der Waals surface area contributed by atoms with Gasteiger partial charge in [0.15, 0.2) is 0 Å². The molecule has 3 heterocycles. The average Bonchev–Trinajstić information content (AvgIpc) is 2.88. The van der Waals surface area contributed by atoms with E-state index in [1.54, 1.807) is 0 Å². The van der Waals surface area contributed by atoms with Crippen molar-refractivity contribution in [2.45, 2.75) is 0 Å². The second-order valence-electron chi connectivity index (χ2n) is 8.53. The predicted molar refractivity (Wildman–Crippen MR) is 140 cm³/mol. The summed E-state index contributed by atoms with van der Waals surface area (Å²) in [6.45, 7) is 5.34. The first-order chi connectivity index (χ1) is 17.0. The van der Waals surface area contributed by atoms with Gasteiger partial charge in [-0.15, -0.1) is 0 Å². The third kappa shape index (κ3) is 5.06. The van der Waals surface area contributed by atoms with Crippen molar-refractivity contribution >= 4 is 51.9 Å². The van der Waals surface area contributed by atoms with E-state index < -0.39 is 0 Å². The Morgan fingerprint density at radius 1 is 0.686 bits per heavy atom. The molecule has 0 N–H and O–H groups in total. The van der Waals surface area contributed by atoms with E-state index >= 15 is 0 Å². The summed E-state index contributed by atoms with van der Waals surface area (Å²) in [4.78, 5) is 28.9. The predicted octanol–water partition coefficient (Wildman–Crippen LogP) is 4.34. The minimum absolute atomic E-state index is 0.0279. The molecule has 2 aromatic carbocycles. The molecule has 0 radical (unpaired) electrons. The van der Waals surface area contributed by atoms with Gasteiger partial charge in [0, 0.05) is 73.8 Å². The van der Waals surface area contributed by atoms with Gasteiger partial charge in [-0.05, 0) is 36.4 Å². The molecular weight excluding hydrogens is 489 g/mol. The van der Waals surface area contributed by atoms with Gasteiger partial charge in [0.2, 0.25) is 11.6 Å². The van der Waals surface area contributed by atoms with Crippen molar-refractivity contribution in [3.63, 3.8) is 0 Å². The quantitative estimate of drug-likeness (QED) is 0.368. The van der Waals surface area contributed by atoms with Gasteiger partial charge in [-0.3, -0.25) is 10.1 Å². The standard InChI is InChI=1S/C24H25Cl2N7O2/c25-18-3-1-5-20(15-18)29-7-11-31(12-8-29)23-22(33(34)35)24(28-17-27-23)32-13-9-30(10-14-32)21-6-2-4-19(26)16-21/h1-6,15-17H,7-14H2. The van der Waals surface area contributed by atoms with Crippen molar-refractivity contribution in [2.24, 2.45) is 0 Å². The van der Waals surface area contributed by atoms with E-state index in [0.717, 1.165) is 37.6 Å². The van der Waals surface area contributed by atoms with Crippen LogP contribution in [-0.2, 0) is 0 Å². The van der Waals surface area contributed by atoms with Gasteiger partial charge >= 0.3 is 5.69 Å². The van der Waals surface area contributed by atoms with Crippen LogP contribution in [-0.4, -0.2) is 67.2 Å². The average molecular weight is 514 g/mol. The molecule has 3 aromatic rings. The summed E-state index contributed by atoms with van der Waals surface area (Å²) >= 11 is 12.3. The Bertz CT molecular complexity index is 1130. The summed E-state index contributed by atoms with van der Waals surface area (Å²) in [5.41, 5.74) is 2.07. The molecule has 9 nitrogen and oxygen atoms in total. The van der Waals surface area contributed by atoms with Crippen LogP contribution in [0.2, 0.25) is 10.0 Å². The molecule has 0 aliphatic carbocycles. The number of halogens is 2. The Labute approximate surface area is 213 Å². The molecule has 0 atom stereocenters. The Morgan fingerprint density at radius 2 is 1.09 bits per heavy atom. The first-order valence-electron chi connectivity index (χ1n) is 11.5. The molecule has 0 spiro atoms. The van der Waals surface area contributed by atoms with E-state index in [0.29, 0.717) is 47.9 Å². The third-order valence-corrected chi connectivity index (χ3v) is 6.94. The fourth-order valence-corrected chi connectivity index (χ4v) is 5.05. The van der Waals surface area contributed by atoms with Gasteiger partial charge in [-0.2, -0.15) is 0 Å². The summed E-state index contributed by atoms with van der Waals surface area (Å²) < 4.78 is 0. The van der Waals surface area contributed by atoms with E-state index in [1.165, 1.54) is 6.33 Å². The highest BCUT2D eigenvalue weighted by atomic mass is 35.5. The van der Waals surface area contributed by atoms with Crippen LogP contribution >= 0.6 is 23.2 Å². The molecule has 182 valence electrons. The molecule has 0 saturated carbocycles. The number of piperazine rings is 2. The van der Waals surface area contributed by atoms with E-state index in [1.807, 2.05) is 58.3 Å². The maximum atomic E-state index is 12.2. The third-order valence-electron chi connectivity index (χ3n) is 6.47. The van der Waals surface area contributed by atoms with Gasteiger partial charge < -0.3 is 19.6 Å². The van der Waals surface area contributed by atoms with Gasteiger partial charge in [-0.25, -0.2) is 9.97 Å². The topological polar surface area (TPSA) is 81.9 Å². The largest absolute Gasteiger partial charge is 0.368 e. The van der Waals surface area contributed by atoms with E-state index in [9.17, 15) is 10.1 Å². The fourth-order valence-electron chi connectivity index (χ4n) is 4.69. The highest BCUT2D eigenvalue weighted by Gasteiger charge is 2.33. The molecule has 0 amide bonds. The van der Waals surface area contributed by atoms with E-state index in [4.69, 9.17) is 23.2 Å². The monoisotopic (exact) mass is 513 g/mol. The molecule has 2 aliphatic rings. The molecule has 0 bridgehead atoms. The first kappa shape index (κ1) is 23.4. The number of anilines is 4. The highest BCUT2D eigenvalue weighted by molar-refractivity contribution is 6.31. The lowest BCUT2D eigenvalue weighted by Crippen LogP contribution is -2.48. The molecule has 2 saturated heterocycles. The Morgan fingerprint density at radius 3 is 1.46 bits per heavy atom. The second-order valence-corrected chi connectivity index (χ2v) is 9.41. The normalized spacial score (nSPS) is 16.5. The minimum atomic E-state index is -0.350. The van der Waals surface area contributed by atoms with Crippen molar-refractivity contribution in [1.29, 1.82) is 0 Å². The number of nitrogens with zero attached hydrogens (tertiary/aromatic N) is 7. The van der Waals surface area contributed by atoms with Crippen molar-refractivity contribution in [3.8, 4) is 0 Å². The van der Waals surface area contributed by atoms with Crippen LogP contribution in [0.5, 0.6) is 0 Å². The van der Waals surface area contributed by atoms with Gasteiger partial charge in [0.1, 0.15) is 6.33 Å². The molecule has 11 heteroatoms. The zero-order valence-corrected chi connectivity index (χ0v) is 20.6. The molecule has 2 aliphatic heterocycles. The van der Waals surface area contributed by atoms with Crippen LogP contribution in [0, 0.1) is 10.1 Å². The van der Waals surface area contributed by atoms with Crippen molar-refractivity contribution < 1.29 is 4.92 Å². The zero-order valence-electron chi connectivity index (χ0n) is 19.1. The summed E-state index contributed by atoms with van der Waals surface area (Å²) in [5, 5.41) is 13.6. The summed E-state index contributed by atoms with van der Waals surface area (Å²) in [5.74, 6) is 0.756. The number of rotatable bonds is 5. The number of nitro groups is 1. The lowest BCUT2D eigenvalue weighted by Gasteiger charge is -2.38. The Hall–Kier alpha value is -3.30. The Kier molecular flexibility index (Phi) is 6.79. The fraction of sp³-hybridized carbons (Fsp3) is 0.333. The number of benzene rings is 2.